The fourth-order valence-electron chi connectivity index (χ4n) is 4.55. The molecule has 1 amide bonds. The van der Waals surface area contributed by atoms with Crippen molar-refractivity contribution in [2.45, 2.75) is 59.1 Å². The first-order chi connectivity index (χ1) is 17.9. The van der Waals surface area contributed by atoms with Crippen LogP contribution in [0.2, 0.25) is 0 Å². The molecule has 1 aromatic carbocycles. The monoisotopic (exact) mass is 513 g/mol. The minimum absolute atomic E-state index is 0.0370. The highest BCUT2D eigenvalue weighted by Crippen LogP contribution is 2.33. The quantitative estimate of drug-likeness (QED) is 0.402. The Morgan fingerprint density at radius 3 is 2.68 bits per heavy atom. The van der Waals surface area contributed by atoms with E-state index in [2.05, 4.69) is 39.2 Å². The molecule has 2 unspecified atom stereocenters. The first kappa shape index (κ1) is 26.5. The van der Waals surface area contributed by atoms with Gasteiger partial charge in [0.2, 0.25) is 0 Å². The summed E-state index contributed by atoms with van der Waals surface area (Å²) >= 11 is 0. The SMILES string of the molecule is CC.CCC.Cn1cc2cc(NC(=O)c3cnn4ccc(N5CC6CC5CO6)nc34)c(C(F)F)cc2n1. The van der Waals surface area contributed by atoms with Crippen molar-refractivity contribution in [2.24, 2.45) is 7.05 Å². The summed E-state index contributed by atoms with van der Waals surface area (Å²) in [7, 11) is 1.71. The Labute approximate surface area is 214 Å². The van der Waals surface area contributed by atoms with Gasteiger partial charge in [-0.2, -0.15) is 10.2 Å². The molecule has 2 aliphatic rings. The second-order valence-corrected chi connectivity index (χ2v) is 8.87. The van der Waals surface area contributed by atoms with Gasteiger partial charge in [-0.25, -0.2) is 18.3 Å². The molecule has 3 aromatic heterocycles. The molecule has 0 spiro atoms. The Hall–Kier alpha value is -3.60. The van der Waals surface area contributed by atoms with Crippen LogP contribution >= 0.6 is 0 Å². The number of ether oxygens (including phenoxy) is 1. The van der Waals surface area contributed by atoms with Crippen LogP contribution in [0.1, 0.15) is 62.9 Å². The number of rotatable bonds is 4. The van der Waals surface area contributed by atoms with Gasteiger partial charge in [-0.05, 0) is 24.6 Å². The molecule has 198 valence electrons. The fraction of sp³-hybridized carbons (Fsp3) is 0.462. The topological polar surface area (TPSA) is 89.6 Å². The van der Waals surface area contributed by atoms with Crippen LogP contribution in [0.5, 0.6) is 0 Å². The van der Waals surface area contributed by atoms with Crippen LogP contribution in [0, 0.1) is 0 Å². The number of aromatic nitrogens is 5. The molecule has 2 aliphatic heterocycles. The fourth-order valence-corrected chi connectivity index (χ4v) is 4.55. The van der Waals surface area contributed by atoms with Crippen molar-refractivity contribution in [3.05, 3.63) is 47.9 Å². The Balaban J connectivity index is 0.000000599. The van der Waals surface area contributed by atoms with E-state index in [-0.39, 0.29) is 29.0 Å². The van der Waals surface area contributed by atoms with Crippen molar-refractivity contribution >= 4 is 34.0 Å². The largest absolute Gasteiger partial charge is 0.374 e. The van der Waals surface area contributed by atoms with E-state index in [0.717, 1.165) is 18.8 Å². The van der Waals surface area contributed by atoms with Crippen LogP contribution in [0.15, 0.2) is 36.8 Å². The predicted octanol–water partition coefficient (Wildman–Crippen LogP) is 5.23. The van der Waals surface area contributed by atoms with Gasteiger partial charge in [0.05, 0.1) is 36.2 Å². The zero-order valence-corrected chi connectivity index (χ0v) is 21.8. The van der Waals surface area contributed by atoms with Gasteiger partial charge in [0.15, 0.2) is 5.65 Å². The molecule has 1 N–H and O–H groups in total. The number of morpholine rings is 1. The van der Waals surface area contributed by atoms with Gasteiger partial charge >= 0.3 is 0 Å². The van der Waals surface area contributed by atoms with E-state index in [9.17, 15) is 13.6 Å². The molecule has 0 aliphatic carbocycles. The zero-order valence-electron chi connectivity index (χ0n) is 21.8. The smallest absolute Gasteiger partial charge is 0.265 e. The summed E-state index contributed by atoms with van der Waals surface area (Å²) in [4.78, 5) is 19.9. The number of carbonyl (C=O) groups excluding carboxylic acids is 1. The number of alkyl halides is 2. The summed E-state index contributed by atoms with van der Waals surface area (Å²) < 4.78 is 36.0. The number of halogens is 2. The van der Waals surface area contributed by atoms with Crippen LogP contribution in [-0.2, 0) is 11.8 Å². The summed E-state index contributed by atoms with van der Waals surface area (Å²) in [5, 5.41) is 11.6. The molecular weight excluding hydrogens is 480 g/mol. The van der Waals surface area contributed by atoms with Gasteiger partial charge in [-0.3, -0.25) is 9.48 Å². The molecule has 2 saturated heterocycles. The van der Waals surface area contributed by atoms with E-state index < -0.39 is 12.3 Å². The average molecular weight is 514 g/mol. The minimum atomic E-state index is -2.77. The molecule has 0 radical (unpaired) electrons. The van der Waals surface area contributed by atoms with Gasteiger partial charge in [0.25, 0.3) is 12.3 Å². The van der Waals surface area contributed by atoms with Crippen LogP contribution in [0.3, 0.4) is 0 Å². The lowest BCUT2D eigenvalue weighted by molar-refractivity contribution is 0.0988. The maximum absolute atomic E-state index is 13.7. The number of carbonyl (C=O) groups is 1. The van der Waals surface area contributed by atoms with Gasteiger partial charge in [0.1, 0.15) is 11.4 Å². The molecular formula is C26H33F2N7O2. The summed E-state index contributed by atoms with van der Waals surface area (Å²) in [6.45, 7) is 9.67. The van der Waals surface area contributed by atoms with Gasteiger partial charge in [-0.15, -0.1) is 0 Å². The molecule has 9 nitrogen and oxygen atoms in total. The standard InChI is InChI=1S/C21H19F2N7O2.C3H8.C2H6/c1-28-8-11-4-17(14(19(22)23)6-16(11)27-28)25-21(31)15-7-24-30-3-2-18(26-20(15)30)29-9-13-5-12(29)10-32-13;1-3-2;1-2/h2-4,6-8,12-13,19H,5,9-10H2,1H3,(H,25,31);3H2,1-2H3;1-2H3. The molecule has 6 rings (SSSR count). The minimum Gasteiger partial charge on any atom is -0.374 e. The van der Waals surface area contributed by atoms with E-state index in [1.54, 1.807) is 19.4 Å². The maximum Gasteiger partial charge on any atom is 0.265 e. The van der Waals surface area contributed by atoms with Crippen molar-refractivity contribution in [3.8, 4) is 0 Å². The number of nitrogens with one attached hydrogen (secondary N) is 1. The van der Waals surface area contributed by atoms with Crippen molar-refractivity contribution in [2.75, 3.05) is 23.4 Å². The Morgan fingerprint density at radius 1 is 1.27 bits per heavy atom. The molecule has 2 bridgehead atoms. The number of fused-ring (bicyclic) bond motifs is 4. The molecule has 0 saturated carbocycles. The Bertz CT molecular complexity index is 1380. The van der Waals surface area contributed by atoms with E-state index >= 15 is 0 Å². The number of nitrogens with zero attached hydrogens (tertiary/aromatic N) is 6. The first-order valence-electron chi connectivity index (χ1n) is 12.7. The zero-order chi connectivity index (χ0) is 26.7. The van der Waals surface area contributed by atoms with Gasteiger partial charge in [-0.1, -0.05) is 34.1 Å². The third-order valence-electron chi connectivity index (χ3n) is 6.07. The second kappa shape index (κ2) is 11.2. The van der Waals surface area contributed by atoms with Crippen molar-refractivity contribution < 1.29 is 18.3 Å². The Morgan fingerprint density at radius 2 is 2.03 bits per heavy atom. The predicted molar refractivity (Wildman–Crippen MR) is 139 cm³/mol. The summed E-state index contributed by atoms with van der Waals surface area (Å²) in [5.41, 5.74) is 0.758. The molecule has 37 heavy (non-hydrogen) atoms. The number of benzene rings is 1. The van der Waals surface area contributed by atoms with Crippen molar-refractivity contribution in [3.63, 3.8) is 0 Å². The molecule has 2 fully saturated rings. The summed E-state index contributed by atoms with van der Waals surface area (Å²) in [5.74, 6) is 0.189. The summed E-state index contributed by atoms with van der Waals surface area (Å²) in [6.07, 6.45) is 4.50. The molecule has 4 aromatic rings. The highest BCUT2D eigenvalue weighted by Gasteiger charge is 2.39. The first-order valence-corrected chi connectivity index (χ1v) is 12.7. The highest BCUT2D eigenvalue weighted by molar-refractivity contribution is 6.09. The number of anilines is 2. The Kier molecular flexibility index (Phi) is 8.01. The lowest BCUT2D eigenvalue weighted by Crippen LogP contribution is -2.37. The van der Waals surface area contributed by atoms with E-state index in [0.29, 0.717) is 23.2 Å². The summed E-state index contributed by atoms with van der Waals surface area (Å²) in [6, 6.07) is 4.93. The molecule has 5 heterocycles. The van der Waals surface area contributed by atoms with E-state index in [4.69, 9.17) is 4.74 Å². The number of hydrogen-bond acceptors (Lipinski definition) is 6. The molecule has 11 heteroatoms. The van der Waals surface area contributed by atoms with E-state index in [1.807, 2.05) is 19.9 Å². The second-order valence-electron chi connectivity index (χ2n) is 8.87. The van der Waals surface area contributed by atoms with Crippen LogP contribution in [0.25, 0.3) is 16.6 Å². The lowest BCUT2D eigenvalue weighted by atomic mass is 10.1. The number of hydrogen-bond donors (Lipinski definition) is 1. The lowest BCUT2D eigenvalue weighted by Gasteiger charge is -2.27. The maximum atomic E-state index is 13.7. The number of aryl methyl sites for hydroxylation is 1. The molecule has 2 atom stereocenters. The van der Waals surface area contributed by atoms with E-state index in [1.165, 1.54) is 33.9 Å². The number of amides is 1. The third-order valence-corrected chi connectivity index (χ3v) is 6.07. The normalized spacial score (nSPS) is 18.1. The highest BCUT2D eigenvalue weighted by atomic mass is 19.3. The van der Waals surface area contributed by atoms with Crippen LogP contribution in [0.4, 0.5) is 20.3 Å². The van der Waals surface area contributed by atoms with Crippen LogP contribution < -0.4 is 10.2 Å². The van der Waals surface area contributed by atoms with Crippen molar-refractivity contribution in [1.82, 2.24) is 24.4 Å². The average Bonchev–Trinajstić information content (AvgIpc) is 3.67. The van der Waals surface area contributed by atoms with Gasteiger partial charge in [0, 0.05) is 36.9 Å². The van der Waals surface area contributed by atoms with Crippen LogP contribution in [-0.4, -0.2) is 55.6 Å². The van der Waals surface area contributed by atoms with Gasteiger partial charge < -0.3 is 15.0 Å². The van der Waals surface area contributed by atoms with Crippen molar-refractivity contribution in [1.29, 1.82) is 0 Å². The third kappa shape index (κ3) is 5.27.